The molecule has 10 heteroatoms. The molecule has 0 fully saturated rings. The molecule has 4 aromatic rings. The summed E-state index contributed by atoms with van der Waals surface area (Å²) >= 11 is 1.34. The zero-order chi connectivity index (χ0) is 24.3. The Kier molecular flexibility index (Phi) is 6.92. The Morgan fingerprint density at radius 1 is 1.12 bits per heavy atom. The normalized spacial score (nSPS) is 12.1. The summed E-state index contributed by atoms with van der Waals surface area (Å²) in [6.07, 6.45) is 2.96. The predicted octanol–water partition coefficient (Wildman–Crippen LogP) is 4.91. The van der Waals surface area contributed by atoms with Gasteiger partial charge in [0, 0.05) is 18.7 Å². The van der Waals surface area contributed by atoms with E-state index in [2.05, 4.69) is 10.1 Å². The fraction of sp³-hybridized carbons (Fsp3) is 0.208. The summed E-state index contributed by atoms with van der Waals surface area (Å²) < 4.78 is 33.2. The van der Waals surface area contributed by atoms with Crippen LogP contribution in [0.15, 0.2) is 75.3 Å². The molecule has 2 heterocycles. The van der Waals surface area contributed by atoms with Crippen LogP contribution >= 0.6 is 11.3 Å². The summed E-state index contributed by atoms with van der Waals surface area (Å²) in [4.78, 5) is 18.2. The Balaban J connectivity index is 1.70. The maximum Gasteiger partial charge on any atom is 0.280 e. The van der Waals surface area contributed by atoms with Crippen molar-refractivity contribution in [3.63, 3.8) is 0 Å². The molecule has 0 aliphatic heterocycles. The first kappa shape index (κ1) is 23.8. The molecule has 176 valence electrons. The van der Waals surface area contributed by atoms with Crippen LogP contribution in [-0.4, -0.2) is 42.9 Å². The molecular formula is C24H24N4O4S2. The highest BCUT2D eigenvalue weighted by atomic mass is 32.2. The Morgan fingerprint density at radius 2 is 1.85 bits per heavy atom. The standard InChI is InChI=1S/C24H24N4O4S2/c1-4-27(5-2)34(30,31)20-11-9-18(10-12-20)23(29)28(25-16-19-7-6-14-32-19)24-26-21-13-8-17(3)15-22(21)33-24/h6-16H,4-5H2,1-3H3/b25-16+. The first-order valence-electron chi connectivity index (χ1n) is 10.7. The molecule has 0 bridgehead atoms. The molecule has 0 N–H and O–H groups in total. The lowest BCUT2D eigenvalue weighted by Gasteiger charge is -2.19. The van der Waals surface area contributed by atoms with E-state index in [-0.39, 0.29) is 10.5 Å². The van der Waals surface area contributed by atoms with Crippen molar-refractivity contribution in [1.29, 1.82) is 0 Å². The number of aryl methyl sites for hydroxylation is 1. The van der Waals surface area contributed by atoms with E-state index in [1.807, 2.05) is 25.1 Å². The molecule has 1 amide bonds. The second-order valence-electron chi connectivity index (χ2n) is 7.46. The number of anilines is 1. The number of aromatic nitrogens is 1. The molecule has 2 aromatic carbocycles. The first-order valence-corrected chi connectivity index (χ1v) is 13.0. The van der Waals surface area contributed by atoms with E-state index >= 15 is 0 Å². The number of fused-ring (bicyclic) bond motifs is 1. The Hall–Kier alpha value is -3.34. The predicted molar refractivity (Wildman–Crippen MR) is 134 cm³/mol. The van der Waals surface area contributed by atoms with E-state index in [0.29, 0.717) is 24.0 Å². The topological polar surface area (TPSA) is 96.1 Å². The summed E-state index contributed by atoms with van der Waals surface area (Å²) in [6.45, 7) is 6.29. The fourth-order valence-corrected chi connectivity index (χ4v) is 5.86. The quantitative estimate of drug-likeness (QED) is 0.255. The number of hydrogen-bond acceptors (Lipinski definition) is 7. The molecule has 4 rings (SSSR count). The third-order valence-corrected chi connectivity index (χ3v) is 8.25. The number of furan rings is 1. The average molecular weight is 497 g/mol. The zero-order valence-corrected chi connectivity index (χ0v) is 20.6. The van der Waals surface area contributed by atoms with E-state index in [9.17, 15) is 13.2 Å². The molecule has 0 aliphatic rings. The fourth-order valence-electron chi connectivity index (χ4n) is 3.38. The number of carbonyl (C=O) groups is 1. The number of nitrogens with zero attached hydrogens (tertiary/aromatic N) is 4. The first-order chi connectivity index (χ1) is 16.3. The maximum atomic E-state index is 13.4. The van der Waals surface area contributed by atoms with Gasteiger partial charge in [-0.25, -0.2) is 13.4 Å². The van der Waals surface area contributed by atoms with Crippen molar-refractivity contribution in [2.75, 3.05) is 18.1 Å². The highest BCUT2D eigenvalue weighted by molar-refractivity contribution is 7.89. The summed E-state index contributed by atoms with van der Waals surface area (Å²) in [7, 11) is -3.62. The molecule has 34 heavy (non-hydrogen) atoms. The van der Waals surface area contributed by atoms with Gasteiger partial charge in [0.25, 0.3) is 5.91 Å². The minimum atomic E-state index is -3.62. The molecule has 8 nitrogen and oxygen atoms in total. The number of benzene rings is 2. The Labute approximate surface area is 202 Å². The van der Waals surface area contributed by atoms with Gasteiger partial charge in [0.15, 0.2) is 0 Å². The average Bonchev–Trinajstić information content (AvgIpc) is 3.49. The van der Waals surface area contributed by atoms with Crippen molar-refractivity contribution in [3.8, 4) is 0 Å². The number of hydrazone groups is 1. The third-order valence-electron chi connectivity index (χ3n) is 5.19. The molecule has 0 spiro atoms. The van der Waals surface area contributed by atoms with Gasteiger partial charge in [-0.15, -0.1) is 0 Å². The van der Waals surface area contributed by atoms with Crippen LogP contribution in [0.4, 0.5) is 5.13 Å². The van der Waals surface area contributed by atoms with Crippen molar-refractivity contribution in [3.05, 3.63) is 77.7 Å². The van der Waals surface area contributed by atoms with E-state index in [0.717, 1.165) is 15.8 Å². The van der Waals surface area contributed by atoms with Crippen molar-refractivity contribution in [1.82, 2.24) is 9.29 Å². The number of sulfonamides is 1. The van der Waals surface area contributed by atoms with Crippen LogP contribution in [0, 0.1) is 6.92 Å². The van der Waals surface area contributed by atoms with Gasteiger partial charge in [0.05, 0.1) is 27.6 Å². The van der Waals surface area contributed by atoms with E-state index < -0.39 is 15.9 Å². The van der Waals surface area contributed by atoms with Gasteiger partial charge in [-0.05, 0) is 61.0 Å². The second-order valence-corrected chi connectivity index (χ2v) is 10.4. The number of amides is 1. The monoisotopic (exact) mass is 496 g/mol. The van der Waals surface area contributed by atoms with Crippen LogP contribution in [0.3, 0.4) is 0 Å². The lowest BCUT2D eigenvalue weighted by atomic mass is 10.2. The van der Waals surface area contributed by atoms with Gasteiger partial charge in [-0.2, -0.15) is 14.4 Å². The van der Waals surface area contributed by atoms with Crippen molar-refractivity contribution in [2.24, 2.45) is 5.10 Å². The summed E-state index contributed by atoms with van der Waals surface area (Å²) in [5, 5.41) is 5.94. The number of carbonyl (C=O) groups excluding carboxylic acids is 1. The van der Waals surface area contributed by atoms with E-state index in [4.69, 9.17) is 4.42 Å². The van der Waals surface area contributed by atoms with Gasteiger partial charge in [0.1, 0.15) is 5.76 Å². The van der Waals surface area contributed by atoms with Gasteiger partial charge >= 0.3 is 0 Å². The minimum Gasteiger partial charge on any atom is -0.463 e. The van der Waals surface area contributed by atoms with Gasteiger partial charge in [0.2, 0.25) is 15.2 Å². The SMILES string of the molecule is CCN(CC)S(=O)(=O)c1ccc(C(=O)N(/N=C/c2ccco2)c2nc3ccc(C)cc3s2)cc1. The second kappa shape index (κ2) is 9.88. The summed E-state index contributed by atoms with van der Waals surface area (Å²) in [5.74, 6) is 0.0424. The Bertz CT molecular complexity index is 1420. The van der Waals surface area contributed by atoms with Crippen LogP contribution in [0.2, 0.25) is 0 Å². The van der Waals surface area contributed by atoms with Crippen LogP contribution < -0.4 is 5.01 Å². The summed E-state index contributed by atoms with van der Waals surface area (Å²) in [6, 6.07) is 15.2. The minimum absolute atomic E-state index is 0.133. The molecule has 0 aliphatic carbocycles. The van der Waals surface area contributed by atoms with Crippen molar-refractivity contribution >= 4 is 48.8 Å². The van der Waals surface area contributed by atoms with E-state index in [1.165, 1.54) is 57.4 Å². The Morgan fingerprint density at radius 3 is 2.50 bits per heavy atom. The smallest absolute Gasteiger partial charge is 0.280 e. The zero-order valence-electron chi connectivity index (χ0n) is 19.0. The highest BCUT2D eigenvalue weighted by Gasteiger charge is 2.24. The van der Waals surface area contributed by atoms with Gasteiger partial charge < -0.3 is 4.42 Å². The van der Waals surface area contributed by atoms with Crippen molar-refractivity contribution in [2.45, 2.75) is 25.7 Å². The number of rotatable bonds is 8. The number of hydrogen-bond donors (Lipinski definition) is 0. The van der Waals surface area contributed by atoms with Crippen LogP contribution in [0.5, 0.6) is 0 Å². The molecule has 2 aromatic heterocycles. The lowest BCUT2D eigenvalue weighted by Crippen LogP contribution is -2.30. The lowest BCUT2D eigenvalue weighted by molar-refractivity contribution is 0.0987. The molecule has 0 saturated carbocycles. The number of thiazole rings is 1. The summed E-state index contributed by atoms with van der Waals surface area (Å²) in [5.41, 5.74) is 2.13. The molecule has 0 saturated heterocycles. The maximum absolute atomic E-state index is 13.4. The van der Waals surface area contributed by atoms with Crippen LogP contribution in [0.25, 0.3) is 10.2 Å². The molecule has 0 unspecified atom stereocenters. The molecular weight excluding hydrogens is 472 g/mol. The molecule has 0 atom stereocenters. The van der Waals surface area contributed by atoms with Crippen molar-refractivity contribution < 1.29 is 17.6 Å². The third kappa shape index (κ3) is 4.79. The largest absolute Gasteiger partial charge is 0.463 e. The van der Waals surface area contributed by atoms with E-state index in [1.54, 1.807) is 26.0 Å². The van der Waals surface area contributed by atoms with Gasteiger partial charge in [-0.3, -0.25) is 4.79 Å². The molecule has 0 radical (unpaired) electrons. The van der Waals surface area contributed by atoms with Crippen LogP contribution in [-0.2, 0) is 10.0 Å². The highest BCUT2D eigenvalue weighted by Crippen LogP contribution is 2.31. The van der Waals surface area contributed by atoms with Crippen LogP contribution in [0.1, 0.15) is 35.5 Å². The van der Waals surface area contributed by atoms with Gasteiger partial charge in [-0.1, -0.05) is 31.3 Å².